The number of rotatable bonds is 2. The molecule has 0 amide bonds. The minimum atomic E-state index is -1.33. The van der Waals surface area contributed by atoms with Crippen LogP contribution in [0.1, 0.15) is 6.23 Å². The zero-order valence-electron chi connectivity index (χ0n) is 10.1. The number of fused-ring (bicyclic) bond motifs is 1. The maximum atomic E-state index is 11.6. The Morgan fingerprint density at radius 1 is 1.40 bits per heavy atom. The Morgan fingerprint density at radius 2 is 2.15 bits per heavy atom. The fourth-order valence-electron chi connectivity index (χ4n) is 2.16. The highest BCUT2D eigenvalue weighted by molar-refractivity contribution is 5.73. The molecule has 1 saturated heterocycles. The van der Waals surface area contributed by atoms with Crippen molar-refractivity contribution in [3.05, 3.63) is 16.6 Å². The molecule has 10 nitrogen and oxygen atoms in total. The summed E-state index contributed by atoms with van der Waals surface area (Å²) >= 11 is 0. The summed E-state index contributed by atoms with van der Waals surface area (Å²) in [5, 5.41) is 32.6. The number of aliphatic hydroxyl groups is 3. The molecule has 0 radical (unpaired) electrons. The molecule has 4 atom stereocenters. The molecular formula is C10H12N4O6. The van der Waals surface area contributed by atoms with Crippen molar-refractivity contribution >= 4 is 17.0 Å². The number of nitrogens with two attached hydrogens (primary N) is 1. The number of nitrogens with zero attached hydrogens (tertiary/aromatic N) is 3. The molecule has 5 N–H and O–H groups in total. The van der Waals surface area contributed by atoms with Gasteiger partial charge in [0.2, 0.25) is 0 Å². The van der Waals surface area contributed by atoms with Crippen LogP contribution >= 0.6 is 0 Å². The first-order valence-corrected chi connectivity index (χ1v) is 5.79. The van der Waals surface area contributed by atoms with Crippen molar-refractivity contribution in [3.63, 3.8) is 0 Å². The molecule has 1 aliphatic heterocycles. The quantitative estimate of drug-likeness (QED) is 0.471. The van der Waals surface area contributed by atoms with Gasteiger partial charge in [-0.3, -0.25) is 0 Å². The average Bonchev–Trinajstić information content (AvgIpc) is 2.93. The van der Waals surface area contributed by atoms with Crippen molar-refractivity contribution in [2.75, 3.05) is 12.3 Å². The Kier molecular flexibility index (Phi) is 2.94. The second-order valence-corrected chi connectivity index (χ2v) is 4.39. The predicted octanol–water partition coefficient (Wildman–Crippen LogP) is -2.42. The molecule has 2 aromatic heterocycles. The summed E-state index contributed by atoms with van der Waals surface area (Å²) in [7, 11) is 0. The third-order valence-electron chi connectivity index (χ3n) is 3.16. The predicted molar refractivity (Wildman–Crippen MR) is 63.5 cm³/mol. The number of ether oxygens (including phenoxy) is 1. The minimum Gasteiger partial charge on any atom is -0.394 e. The van der Waals surface area contributed by atoms with E-state index in [2.05, 4.69) is 14.5 Å². The Morgan fingerprint density at radius 3 is 2.80 bits per heavy atom. The lowest BCUT2D eigenvalue weighted by molar-refractivity contribution is -0.0566. The van der Waals surface area contributed by atoms with Crippen LogP contribution < -0.4 is 11.4 Å². The number of nitrogen functional groups attached to an aromatic ring is 1. The molecule has 0 aromatic carbocycles. The monoisotopic (exact) mass is 284 g/mol. The molecule has 0 saturated carbocycles. The fraction of sp³-hybridized carbons (Fsp3) is 0.500. The molecule has 0 spiro atoms. The first-order chi connectivity index (χ1) is 9.52. The molecule has 0 unspecified atom stereocenters. The lowest BCUT2D eigenvalue weighted by Gasteiger charge is -2.15. The van der Waals surface area contributed by atoms with Crippen molar-refractivity contribution in [1.82, 2.24) is 14.8 Å². The van der Waals surface area contributed by atoms with Gasteiger partial charge in [0.25, 0.3) is 6.01 Å². The first-order valence-electron chi connectivity index (χ1n) is 5.79. The molecule has 3 heterocycles. The van der Waals surface area contributed by atoms with E-state index in [1.54, 1.807) is 0 Å². The Labute approximate surface area is 111 Å². The number of hydrogen-bond acceptors (Lipinski definition) is 9. The maximum Gasteiger partial charge on any atom is 0.351 e. The molecule has 1 fully saturated rings. The van der Waals surface area contributed by atoms with Crippen LogP contribution in [0.15, 0.2) is 15.4 Å². The summed E-state index contributed by atoms with van der Waals surface area (Å²) in [6.45, 7) is -0.467. The molecular weight excluding hydrogens is 272 g/mol. The van der Waals surface area contributed by atoms with E-state index >= 15 is 0 Å². The number of anilines is 1. The van der Waals surface area contributed by atoms with Crippen LogP contribution in [0.2, 0.25) is 0 Å². The molecule has 2 aromatic rings. The van der Waals surface area contributed by atoms with E-state index < -0.39 is 36.8 Å². The van der Waals surface area contributed by atoms with Crippen LogP contribution in [0.3, 0.4) is 0 Å². The summed E-state index contributed by atoms with van der Waals surface area (Å²) < 4.78 is 11.0. The average molecular weight is 284 g/mol. The molecule has 0 bridgehead atoms. The fourth-order valence-corrected chi connectivity index (χ4v) is 2.16. The number of aliphatic hydroxyl groups excluding tert-OH is 3. The van der Waals surface area contributed by atoms with Crippen LogP contribution in [0.4, 0.5) is 6.01 Å². The van der Waals surface area contributed by atoms with Crippen molar-refractivity contribution in [2.45, 2.75) is 24.5 Å². The second kappa shape index (κ2) is 4.52. The summed E-state index contributed by atoms with van der Waals surface area (Å²) in [5.41, 5.74) is 4.70. The van der Waals surface area contributed by atoms with Crippen molar-refractivity contribution < 1.29 is 24.5 Å². The van der Waals surface area contributed by atoms with Crippen LogP contribution in [0.25, 0.3) is 11.0 Å². The van der Waals surface area contributed by atoms with E-state index in [1.807, 2.05) is 0 Å². The van der Waals surface area contributed by atoms with E-state index in [9.17, 15) is 15.0 Å². The van der Waals surface area contributed by atoms with E-state index in [0.29, 0.717) is 0 Å². The van der Waals surface area contributed by atoms with Gasteiger partial charge in [-0.1, -0.05) is 0 Å². The molecule has 20 heavy (non-hydrogen) atoms. The molecule has 108 valence electrons. The topological polar surface area (TPSA) is 157 Å². The van der Waals surface area contributed by atoms with Crippen LogP contribution in [-0.4, -0.2) is 55.0 Å². The van der Waals surface area contributed by atoms with Gasteiger partial charge >= 0.3 is 5.63 Å². The molecule has 10 heteroatoms. The zero-order valence-corrected chi connectivity index (χ0v) is 10.1. The smallest absolute Gasteiger partial charge is 0.351 e. The summed E-state index contributed by atoms with van der Waals surface area (Å²) in [4.78, 5) is 15.4. The largest absolute Gasteiger partial charge is 0.394 e. The Bertz CT molecular complexity index is 697. The summed E-state index contributed by atoms with van der Waals surface area (Å²) in [5.74, 6) is 0. The SMILES string of the molecule is Nc1nc2c(cnn2[C@@H]2O[C@H](CO)[C@@H](O)[C@H]2O)c(=O)o1. The van der Waals surface area contributed by atoms with Crippen LogP contribution in [0.5, 0.6) is 0 Å². The number of aromatic nitrogens is 3. The van der Waals surface area contributed by atoms with E-state index in [-0.39, 0.29) is 17.0 Å². The normalized spacial score (nSPS) is 30.1. The summed E-state index contributed by atoms with van der Waals surface area (Å²) in [6, 6.07) is -0.351. The van der Waals surface area contributed by atoms with Crippen molar-refractivity contribution in [3.8, 4) is 0 Å². The van der Waals surface area contributed by atoms with Crippen molar-refractivity contribution in [2.24, 2.45) is 0 Å². The lowest BCUT2D eigenvalue weighted by Crippen LogP contribution is -2.33. The van der Waals surface area contributed by atoms with Gasteiger partial charge in [-0.2, -0.15) is 10.1 Å². The van der Waals surface area contributed by atoms with Crippen molar-refractivity contribution in [1.29, 1.82) is 0 Å². The molecule has 0 aliphatic carbocycles. The third kappa shape index (κ3) is 1.78. The Hall–Kier alpha value is -2.01. The standard InChI is InChI=1S/C10H12N4O6/c11-10-13-7-3(9(18)20-10)1-12-14(7)8-6(17)5(16)4(2-15)19-8/h1,4-6,8,15-17H,2H2,(H2,11,13)/t4-,5-,6-,8-/m1/s1. The highest BCUT2D eigenvalue weighted by Gasteiger charge is 2.44. The van der Waals surface area contributed by atoms with Gasteiger partial charge in [0.05, 0.1) is 12.8 Å². The van der Waals surface area contributed by atoms with E-state index in [0.717, 1.165) is 4.68 Å². The number of hydrogen-bond donors (Lipinski definition) is 4. The lowest BCUT2D eigenvalue weighted by atomic mass is 10.1. The second-order valence-electron chi connectivity index (χ2n) is 4.39. The first kappa shape index (κ1) is 13.0. The van der Waals surface area contributed by atoms with E-state index in [1.165, 1.54) is 6.20 Å². The van der Waals surface area contributed by atoms with Gasteiger partial charge in [0, 0.05) is 0 Å². The third-order valence-corrected chi connectivity index (χ3v) is 3.16. The van der Waals surface area contributed by atoms with Crippen LogP contribution in [0, 0.1) is 0 Å². The Balaban J connectivity index is 2.09. The van der Waals surface area contributed by atoms with Gasteiger partial charge < -0.3 is 30.2 Å². The highest BCUT2D eigenvalue weighted by Crippen LogP contribution is 2.30. The van der Waals surface area contributed by atoms with Crippen LogP contribution in [-0.2, 0) is 4.74 Å². The maximum absolute atomic E-state index is 11.6. The van der Waals surface area contributed by atoms with Gasteiger partial charge in [-0.05, 0) is 0 Å². The van der Waals surface area contributed by atoms with Gasteiger partial charge in [0.1, 0.15) is 23.7 Å². The van der Waals surface area contributed by atoms with Gasteiger partial charge in [-0.15, -0.1) is 0 Å². The zero-order chi connectivity index (χ0) is 14.4. The minimum absolute atomic E-state index is 0.0635. The van der Waals surface area contributed by atoms with Gasteiger partial charge in [-0.25, -0.2) is 9.48 Å². The summed E-state index contributed by atoms with van der Waals surface area (Å²) in [6.07, 6.45) is -3.45. The molecule has 1 aliphatic rings. The van der Waals surface area contributed by atoms with E-state index in [4.69, 9.17) is 15.6 Å². The highest BCUT2D eigenvalue weighted by atomic mass is 16.6. The van der Waals surface area contributed by atoms with Gasteiger partial charge in [0.15, 0.2) is 11.9 Å². The molecule has 3 rings (SSSR count).